The number of amides is 1. The Kier molecular flexibility index (Phi) is 5.95. The van der Waals surface area contributed by atoms with Gasteiger partial charge in [-0.25, -0.2) is 9.59 Å². The Morgan fingerprint density at radius 2 is 2.00 bits per heavy atom. The molecule has 0 bridgehead atoms. The molecule has 0 radical (unpaired) electrons. The molecule has 0 heterocycles. The highest BCUT2D eigenvalue weighted by Gasteiger charge is 2.11. The minimum atomic E-state index is -1.17. The lowest BCUT2D eigenvalue weighted by molar-refractivity contribution is -0.143. The number of carbonyl (C=O) groups is 3. The predicted molar refractivity (Wildman–Crippen MR) is 69.9 cm³/mol. The lowest BCUT2D eigenvalue weighted by atomic mass is 10.2. The van der Waals surface area contributed by atoms with Crippen LogP contribution >= 0.6 is 11.6 Å². The highest BCUT2D eigenvalue weighted by molar-refractivity contribution is 6.34. The first-order chi connectivity index (χ1) is 9.43. The van der Waals surface area contributed by atoms with Crippen LogP contribution in [0.15, 0.2) is 18.2 Å². The SMILES string of the molecule is COC(=O)c1ccc(NC(=O)COCC(=O)O)c(Cl)c1. The molecule has 0 spiro atoms. The van der Waals surface area contributed by atoms with Crippen molar-refractivity contribution >= 4 is 35.1 Å². The molecule has 1 rings (SSSR count). The summed E-state index contributed by atoms with van der Waals surface area (Å²) >= 11 is 5.90. The summed E-state index contributed by atoms with van der Waals surface area (Å²) in [5.74, 6) is -2.27. The second-order valence-electron chi connectivity index (χ2n) is 3.62. The number of halogens is 1. The molecule has 20 heavy (non-hydrogen) atoms. The van der Waals surface area contributed by atoms with Crippen LogP contribution in [0.25, 0.3) is 0 Å². The zero-order valence-electron chi connectivity index (χ0n) is 10.5. The van der Waals surface area contributed by atoms with Gasteiger partial charge in [-0.1, -0.05) is 11.6 Å². The van der Waals surface area contributed by atoms with Gasteiger partial charge in [0.15, 0.2) is 0 Å². The summed E-state index contributed by atoms with van der Waals surface area (Å²) in [5.41, 5.74) is 0.529. The molecule has 1 aromatic carbocycles. The van der Waals surface area contributed by atoms with Crippen LogP contribution in [0.3, 0.4) is 0 Å². The Labute approximate surface area is 119 Å². The third-order valence-electron chi connectivity index (χ3n) is 2.12. The molecule has 0 saturated carbocycles. The van der Waals surface area contributed by atoms with Gasteiger partial charge >= 0.3 is 11.9 Å². The Balaban J connectivity index is 2.62. The summed E-state index contributed by atoms with van der Waals surface area (Å²) in [6.45, 7) is -0.982. The minimum Gasteiger partial charge on any atom is -0.480 e. The molecule has 108 valence electrons. The number of hydrogen-bond donors (Lipinski definition) is 2. The maximum absolute atomic E-state index is 11.4. The van der Waals surface area contributed by atoms with Crippen molar-refractivity contribution in [3.8, 4) is 0 Å². The molecular weight excluding hydrogens is 290 g/mol. The first-order valence-electron chi connectivity index (χ1n) is 5.41. The summed E-state index contributed by atoms with van der Waals surface area (Å²) in [6.07, 6.45) is 0. The smallest absolute Gasteiger partial charge is 0.337 e. The second kappa shape index (κ2) is 7.46. The Morgan fingerprint density at radius 3 is 2.55 bits per heavy atom. The average Bonchev–Trinajstić information content (AvgIpc) is 2.39. The summed E-state index contributed by atoms with van der Waals surface area (Å²) in [6, 6.07) is 4.22. The standard InChI is InChI=1S/C12H12ClNO6/c1-19-12(18)7-2-3-9(8(13)4-7)14-10(15)5-20-6-11(16)17/h2-4H,5-6H2,1H3,(H,14,15)(H,16,17). The van der Waals surface area contributed by atoms with E-state index in [4.69, 9.17) is 16.7 Å². The van der Waals surface area contributed by atoms with E-state index in [-0.39, 0.29) is 16.3 Å². The van der Waals surface area contributed by atoms with Crippen LogP contribution in [0.1, 0.15) is 10.4 Å². The summed E-state index contributed by atoms with van der Waals surface area (Å²) in [7, 11) is 1.24. The average molecular weight is 302 g/mol. The number of carboxylic acid groups (broad SMARTS) is 1. The number of hydrogen-bond acceptors (Lipinski definition) is 5. The van der Waals surface area contributed by atoms with Crippen molar-refractivity contribution in [2.45, 2.75) is 0 Å². The molecule has 1 amide bonds. The van der Waals surface area contributed by atoms with E-state index in [1.165, 1.54) is 25.3 Å². The second-order valence-corrected chi connectivity index (χ2v) is 4.03. The normalized spacial score (nSPS) is 9.90. The molecule has 1 aromatic rings. The van der Waals surface area contributed by atoms with E-state index in [0.29, 0.717) is 0 Å². The highest BCUT2D eigenvalue weighted by Crippen LogP contribution is 2.23. The summed E-state index contributed by atoms with van der Waals surface area (Å²) in [4.78, 5) is 32.9. The van der Waals surface area contributed by atoms with E-state index in [2.05, 4.69) is 14.8 Å². The van der Waals surface area contributed by atoms with Gasteiger partial charge in [-0.15, -0.1) is 0 Å². The molecule has 0 aromatic heterocycles. The monoisotopic (exact) mass is 301 g/mol. The van der Waals surface area contributed by atoms with Crippen molar-refractivity contribution in [3.05, 3.63) is 28.8 Å². The molecule has 0 aliphatic carbocycles. The largest absolute Gasteiger partial charge is 0.480 e. The lowest BCUT2D eigenvalue weighted by Crippen LogP contribution is -2.21. The number of anilines is 1. The van der Waals surface area contributed by atoms with Gasteiger partial charge < -0.3 is 19.9 Å². The van der Waals surface area contributed by atoms with E-state index >= 15 is 0 Å². The Hall–Kier alpha value is -2.12. The number of carbonyl (C=O) groups excluding carboxylic acids is 2. The van der Waals surface area contributed by atoms with Gasteiger partial charge in [0.1, 0.15) is 13.2 Å². The molecule has 2 N–H and O–H groups in total. The van der Waals surface area contributed by atoms with Crippen LogP contribution in [0, 0.1) is 0 Å². The Morgan fingerprint density at radius 1 is 1.30 bits per heavy atom. The molecular formula is C12H12ClNO6. The predicted octanol–water partition coefficient (Wildman–Crippen LogP) is 1.17. The minimum absolute atomic E-state index is 0.152. The zero-order valence-corrected chi connectivity index (χ0v) is 11.3. The van der Waals surface area contributed by atoms with Crippen LogP contribution in [0.4, 0.5) is 5.69 Å². The summed E-state index contributed by atoms with van der Waals surface area (Å²) in [5, 5.41) is 10.9. The van der Waals surface area contributed by atoms with Crippen LogP contribution in [0.5, 0.6) is 0 Å². The molecule has 8 heteroatoms. The quantitative estimate of drug-likeness (QED) is 0.765. The van der Waals surface area contributed by atoms with E-state index in [9.17, 15) is 14.4 Å². The summed E-state index contributed by atoms with van der Waals surface area (Å²) < 4.78 is 9.15. The number of benzene rings is 1. The third kappa shape index (κ3) is 4.87. The first-order valence-corrected chi connectivity index (χ1v) is 5.79. The number of rotatable bonds is 6. The number of ether oxygens (including phenoxy) is 2. The third-order valence-corrected chi connectivity index (χ3v) is 2.44. The topological polar surface area (TPSA) is 102 Å². The van der Waals surface area contributed by atoms with Crippen LogP contribution < -0.4 is 5.32 Å². The van der Waals surface area contributed by atoms with Gasteiger partial charge in [-0.3, -0.25) is 4.79 Å². The molecule has 0 aliphatic heterocycles. The fourth-order valence-corrected chi connectivity index (χ4v) is 1.51. The number of nitrogens with one attached hydrogen (secondary N) is 1. The van der Waals surface area contributed by atoms with Crippen molar-refractivity contribution in [2.24, 2.45) is 0 Å². The van der Waals surface area contributed by atoms with Gasteiger partial charge in [0, 0.05) is 0 Å². The van der Waals surface area contributed by atoms with Crippen LogP contribution in [-0.2, 0) is 19.1 Å². The van der Waals surface area contributed by atoms with E-state index in [1.54, 1.807) is 0 Å². The van der Waals surface area contributed by atoms with Gasteiger partial charge in [0.25, 0.3) is 0 Å². The van der Waals surface area contributed by atoms with Crippen molar-refractivity contribution in [3.63, 3.8) is 0 Å². The maximum atomic E-state index is 11.4. The Bertz CT molecular complexity index is 531. The van der Waals surface area contributed by atoms with E-state index < -0.39 is 31.1 Å². The van der Waals surface area contributed by atoms with E-state index in [1.807, 2.05) is 0 Å². The highest BCUT2D eigenvalue weighted by atomic mass is 35.5. The van der Waals surface area contributed by atoms with Crippen molar-refractivity contribution in [2.75, 3.05) is 25.6 Å². The van der Waals surface area contributed by atoms with Gasteiger partial charge in [-0.2, -0.15) is 0 Å². The maximum Gasteiger partial charge on any atom is 0.337 e. The first kappa shape index (κ1) is 15.9. The van der Waals surface area contributed by atoms with Crippen LogP contribution in [-0.4, -0.2) is 43.3 Å². The number of carboxylic acids is 1. The molecule has 0 aliphatic rings. The lowest BCUT2D eigenvalue weighted by Gasteiger charge is -2.08. The van der Waals surface area contributed by atoms with E-state index in [0.717, 1.165) is 0 Å². The fourth-order valence-electron chi connectivity index (χ4n) is 1.28. The zero-order chi connectivity index (χ0) is 15.1. The number of methoxy groups -OCH3 is 1. The number of esters is 1. The van der Waals surface area contributed by atoms with Gasteiger partial charge in [-0.05, 0) is 18.2 Å². The molecule has 0 fully saturated rings. The fraction of sp³-hybridized carbons (Fsp3) is 0.250. The van der Waals surface area contributed by atoms with Gasteiger partial charge in [0.2, 0.25) is 5.91 Å². The molecule has 0 unspecified atom stereocenters. The van der Waals surface area contributed by atoms with Crippen molar-refractivity contribution in [1.29, 1.82) is 0 Å². The molecule has 0 atom stereocenters. The van der Waals surface area contributed by atoms with Crippen LogP contribution in [0.2, 0.25) is 5.02 Å². The molecule has 7 nitrogen and oxygen atoms in total. The number of aliphatic carboxylic acids is 1. The molecule has 0 saturated heterocycles. The van der Waals surface area contributed by atoms with Crippen molar-refractivity contribution < 1.29 is 29.0 Å². The van der Waals surface area contributed by atoms with Gasteiger partial charge in [0.05, 0.1) is 23.4 Å². The van der Waals surface area contributed by atoms with Crippen molar-refractivity contribution in [1.82, 2.24) is 0 Å².